The summed E-state index contributed by atoms with van der Waals surface area (Å²) < 4.78 is 15.7. The van der Waals surface area contributed by atoms with Crippen molar-refractivity contribution in [2.24, 2.45) is 0 Å². The van der Waals surface area contributed by atoms with E-state index in [2.05, 4.69) is 5.32 Å². The molecular formula is C19H29NO5. The number of benzene rings is 1. The molecule has 0 aliphatic carbocycles. The molecule has 1 atom stereocenters. The topological polar surface area (TPSA) is 73.9 Å². The summed E-state index contributed by atoms with van der Waals surface area (Å²) in [6.07, 6.45) is -0.363. The lowest BCUT2D eigenvalue weighted by atomic mass is 10.1. The van der Waals surface area contributed by atoms with Gasteiger partial charge < -0.3 is 19.5 Å². The van der Waals surface area contributed by atoms with Crippen LogP contribution in [0.3, 0.4) is 0 Å². The number of alkyl carbamates (subject to hydrolysis) is 1. The van der Waals surface area contributed by atoms with E-state index in [0.29, 0.717) is 6.42 Å². The van der Waals surface area contributed by atoms with Crippen molar-refractivity contribution in [3.63, 3.8) is 0 Å². The van der Waals surface area contributed by atoms with Crippen LogP contribution in [0.5, 0.6) is 5.75 Å². The summed E-state index contributed by atoms with van der Waals surface area (Å²) in [5.41, 5.74) is -0.0573. The van der Waals surface area contributed by atoms with E-state index in [4.69, 9.17) is 14.2 Å². The number of hydrogen-bond acceptors (Lipinski definition) is 5. The fourth-order valence-corrected chi connectivity index (χ4v) is 2.07. The van der Waals surface area contributed by atoms with Gasteiger partial charge in [-0.05, 0) is 59.2 Å². The lowest BCUT2D eigenvalue weighted by Gasteiger charge is -2.23. The fraction of sp³-hybridized carbons (Fsp3) is 0.579. The SMILES string of the molecule is COC(=O)[C@H](Cc1ccc(OC(C)(C)C)cc1)NC(=O)OC(C)(C)C. The summed E-state index contributed by atoms with van der Waals surface area (Å²) in [6, 6.07) is 6.56. The predicted octanol–water partition coefficient (Wildman–Crippen LogP) is 3.47. The smallest absolute Gasteiger partial charge is 0.408 e. The molecule has 0 spiro atoms. The van der Waals surface area contributed by atoms with E-state index in [1.807, 2.05) is 45.0 Å². The average Bonchev–Trinajstić information content (AvgIpc) is 2.44. The molecule has 0 unspecified atom stereocenters. The van der Waals surface area contributed by atoms with E-state index in [-0.39, 0.29) is 5.60 Å². The monoisotopic (exact) mass is 351 g/mol. The van der Waals surface area contributed by atoms with Gasteiger partial charge in [-0.2, -0.15) is 0 Å². The molecule has 25 heavy (non-hydrogen) atoms. The Hall–Kier alpha value is -2.24. The van der Waals surface area contributed by atoms with Gasteiger partial charge in [0.05, 0.1) is 7.11 Å². The zero-order valence-electron chi connectivity index (χ0n) is 16.1. The zero-order valence-corrected chi connectivity index (χ0v) is 16.1. The number of carbonyl (C=O) groups is 2. The van der Waals surface area contributed by atoms with Crippen LogP contribution in [0, 0.1) is 0 Å². The van der Waals surface area contributed by atoms with Gasteiger partial charge in [-0.15, -0.1) is 0 Å². The Labute approximate surface area is 149 Å². The molecule has 0 heterocycles. The second kappa shape index (κ2) is 8.23. The zero-order chi connectivity index (χ0) is 19.3. The molecule has 0 radical (unpaired) electrons. The maximum Gasteiger partial charge on any atom is 0.408 e. The van der Waals surface area contributed by atoms with Crippen LogP contribution in [0.1, 0.15) is 47.1 Å². The van der Waals surface area contributed by atoms with Crippen molar-refractivity contribution in [3.05, 3.63) is 29.8 Å². The Morgan fingerprint density at radius 2 is 1.56 bits per heavy atom. The van der Waals surface area contributed by atoms with E-state index in [0.717, 1.165) is 11.3 Å². The van der Waals surface area contributed by atoms with Crippen LogP contribution in [0.4, 0.5) is 4.79 Å². The van der Waals surface area contributed by atoms with Crippen molar-refractivity contribution in [2.75, 3.05) is 7.11 Å². The summed E-state index contributed by atoms with van der Waals surface area (Å²) in [6.45, 7) is 11.2. The molecule has 1 aromatic carbocycles. The molecule has 6 nitrogen and oxygen atoms in total. The van der Waals surface area contributed by atoms with E-state index in [1.54, 1.807) is 20.8 Å². The summed E-state index contributed by atoms with van der Waals surface area (Å²) in [4.78, 5) is 23.9. The van der Waals surface area contributed by atoms with Gasteiger partial charge in [0.25, 0.3) is 0 Å². The number of rotatable bonds is 5. The van der Waals surface area contributed by atoms with Crippen LogP contribution in [0.25, 0.3) is 0 Å². The first-order chi connectivity index (χ1) is 11.4. The number of amides is 1. The molecule has 0 aliphatic heterocycles. The second-order valence-corrected chi connectivity index (χ2v) is 7.78. The van der Waals surface area contributed by atoms with Gasteiger partial charge in [0, 0.05) is 6.42 Å². The Bertz CT molecular complexity index is 581. The average molecular weight is 351 g/mol. The number of hydrogen-bond donors (Lipinski definition) is 1. The van der Waals surface area contributed by atoms with E-state index >= 15 is 0 Å². The Morgan fingerprint density at radius 3 is 2.00 bits per heavy atom. The van der Waals surface area contributed by atoms with Crippen molar-refractivity contribution in [1.29, 1.82) is 0 Å². The molecule has 1 rings (SSSR count). The van der Waals surface area contributed by atoms with Crippen molar-refractivity contribution >= 4 is 12.1 Å². The number of ether oxygens (including phenoxy) is 3. The highest BCUT2D eigenvalue weighted by Gasteiger charge is 2.25. The lowest BCUT2D eigenvalue weighted by molar-refractivity contribution is -0.143. The van der Waals surface area contributed by atoms with Gasteiger partial charge in [0.2, 0.25) is 0 Å². The molecule has 0 saturated heterocycles. The minimum absolute atomic E-state index is 0.283. The van der Waals surface area contributed by atoms with Crippen molar-refractivity contribution in [1.82, 2.24) is 5.32 Å². The Balaban J connectivity index is 2.78. The first-order valence-corrected chi connectivity index (χ1v) is 8.25. The van der Waals surface area contributed by atoms with Gasteiger partial charge in [-0.3, -0.25) is 0 Å². The summed E-state index contributed by atoms with van der Waals surface area (Å²) in [7, 11) is 1.28. The maximum atomic E-state index is 12.0. The number of nitrogens with one attached hydrogen (secondary N) is 1. The maximum absolute atomic E-state index is 12.0. The number of carbonyl (C=O) groups excluding carboxylic acids is 2. The van der Waals surface area contributed by atoms with Crippen LogP contribution in [0.15, 0.2) is 24.3 Å². The second-order valence-electron chi connectivity index (χ2n) is 7.78. The van der Waals surface area contributed by atoms with Crippen LogP contribution in [0.2, 0.25) is 0 Å². The molecule has 1 amide bonds. The molecule has 1 N–H and O–H groups in total. The molecule has 0 aliphatic rings. The van der Waals surface area contributed by atoms with E-state index in [9.17, 15) is 9.59 Å². The molecule has 0 fully saturated rings. The van der Waals surface area contributed by atoms with Gasteiger partial charge in [0.15, 0.2) is 0 Å². The predicted molar refractivity (Wildman–Crippen MR) is 95.7 cm³/mol. The summed E-state index contributed by atoms with van der Waals surface area (Å²) in [5, 5.41) is 2.56. The first kappa shape index (κ1) is 20.8. The molecule has 0 saturated carbocycles. The third-order valence-corrected chi connectivity index (χ3v) is 2.96. The van der Waals surface area contributed by atoms with Gasteiger partial charge in [-0.1, -0.05) is 12.1 Å². The van der Waals surface area contributed by atoms with Crippen molar-refractivity contribution in [2.45, 2.75) is 65.2 Å². The molecule has 140 valence electrons. The normalized spacial score (nSPS) is 12.9. The van der Waals surface area contributed by atoms with Crippen LogP contribution < -0.4 is 10.1 Å². The Morgan fingerprint density at radius 1 is 1.00 bits per heavy atom. The highest BCUT2D eigenvalue weighted by atomic mass is 16.6. The molecule has 1 aromatic rings. The lowest BCUT2D eigenvalue weighted by Crippen LogP contribution is -2.45. The van der Waals surface area contributed by atoms with Gasteiger partial charge in [0.1, 0.15) is 23.0 Å². The summed E-state index contributed by atoms with van der Waals surface area (Å²) in [5.74, 6) is 0.215. The van der Waals surface area contributed by atoms with Crippen LogP contribution in [-0.2, 0) is 20.7 Å². The van der Waals surface area contributed by atoms with Crippen molar-refractivity contribution < 1.29 is 23.8 Å². The fourth-order valence-electron chi connectivity index (χ4n) is 2.07. The highest BCUT2D eigenvalue weighted by Crippen LogP contribution is 2.19. The van der Waals surface area contributed by atoms with E-state index < -0.39 is 23.7 Å². The van der Waals surface area contributed by atoms with E-state index in [1.165, 1.54) is 7.11 Å². The summed E-state index contributed by atoms with van der Waals surface area (Å²) >= 11 is 0. The van der Waals surface area contributed by atoms with Gasteiger partial charge >= 0.3 is 12.1 Å². The highest BCUT2D eigenvalue weighted by molar-refractivity contribution is 5.81. The van der Waals surface area contributed by atoms with Crippen molar-refractivity contribution in [3.8, 4) is 5.75 Å². The third-order valence-electron chi connectivity index (χ3n) is 2.96. The first-order valence-electron chi connectivity index (χ1n) is 8.25. The largest absolute Gasteiger partial charge is 0.488 e. The standard InChI is InChI=1S/C19H29NO5/c1-18(2,3)24-14-10-8-13(9-11-14)12-15(16(21)23-7)20-17(22)25-19(4,5)6/h8-11,15H,12H2,1-7H3,(H,20,22)/t15-/m0/s1. The minimum atomic E-state index is -0.825. The number of esters is 1. The molecule has 6 heteroatoms. The van der Waals surface area contributed by atoms with Crippen LogP contribution >= 0.6 is 0 Å². The minimum Gasteiger partial charge on any atom is -0.488 e. The quantitative estimate of drug-likeness (QED) is 0.822. The van der Waals surface area contributed by atoms with Gasteiger partial charge in [-0.25, -0.2) is 9.59 Å². The van der Waals surface area contributed by atoms with Crippen LogP contribution in [-0.4, -0.2) is 36.4 Å². The Kier molecular flexibility index (Phi) is 6.85. The number of methoxy groups -OCH3 is 1. The molecular weight excluding hydrogens is 322 g/mol. The third kappa shape index (κ3) is 8.42. The molecule has 0 aromatic heterocycles. The molecule has 0 bridgehead atoms.